The molecule has 0 amide bonds. The number of aromatic nitrogens is 2. The topological polar surface area (TPSA) is 268 Å². The lowest BCUT2D eigenvalue weighted by atomic mass is 10.1. The maximum Gasteiger partial charge on any atom is 0.369 e. The zero-order valence-corrected chi connectivity index (χ0v) is 22.6. The fourth-order valence-electron chi connectivity index (χ4n) is 3.34. The molecule has 210 valence electrons. The maximum atomic E-state index is 11.7. The van der Waals surface area contributed by atoms with Gasteiger partial charge in [-0.25, -0.2) is 4.79 Å². The van der Waals surface area contributed by atoms with E-state index in [1.807, 2.05) is 0 Å². The molecule has 38 heavy (non-hydrogen) atoms. The molecular formula is C18H23Cl2N5O11P2. The number of halogens is 2. The lowest BCUT2D eigenvalue weighted by molar-refractivity contribution is -0.0271. The van der Waals surface area contributed by atoms with E-state index in [-0.39, 0.29) is 28.6 Å². The summed E-state index contributed by atoms with van der Waals surface area (Å²) in [6.07, 6.45) is -0.645. The van der Waals surface area contributed by atoms with Crippen molar-refractivity contribution in [3.05, 3.63) is 76.8 Å². The Morgan fingerprint density at radius 2 is 1.82 bits per heavy atom. The molecular weight excluding hydrogens is 595 g/mol. The molecule has 0 radical (unpaired) electrons. The summed E-state index contributed by atoms with van der Waals surface area (Å²) >= 11 is 11.3. The van der Waals surface area contributed by atoms with E-state index in [2.05, 4.69) is 15.0 Å². The lowest BCUT2D eigenvalue weighted by Gasteiger charge is -2.29. The molecule has 1 aliphatic rings. The van der Waals surface area contributed by atoms with Crippen LogP contribution in [0.1, 0.15) is 23.8 Å². The normalized spacial score (nSPS) is 19.9. The molecule has 3 atom stereocenters. The summed E-state index contributed by atoms with van der Waals surface area (Å²) < 4.78 is 29.0. The number of aliphatic hydroxyl groups is 2. The van der Waals surface area contributed by atoms with Gasteiger partial charge in [-0.3, -0.25) is 23.5 Å². The van der Waals surface area contributed by atoms with Crippen LogP contribution in [-0.2, 0) is 20.3 Å². The van der Waals surface area contributed by atoms with Crippen molar-refractivity contribution in [2.45, 2.75) is 43.2 Å². The van der Waals surface area contributed by atoms with Crippen molar-refractivity contribution in [1.82, 2.24) is 9.55 Å². The van der Waals surface area contributed by atoms with Gasteiger partial charge in [0.1, 0.15) is 6.23 Å². The zero-order valence-electron chi connectivity index (χ0n) is 19.3. The van der Waals surface area contributed by atoms with Gasteiger partial charge in [0.25, 0.3) is 10.6 Å². The summed E-state index contributed by atoms with van der Waals surface area (Å²) in [5.74, 6) is 0. The van der Waals surface area contributed by atoms with Gasteiger partial charge in [-0.05, 0) is 30.2 Å². The first kappa shape index (κ1) is 32.2. The van der Waals surface area contributed by atoms with Crippen LogP contribution in [0.5, 0.6) is 0 Å². The number of azide groups is 1. The summed E-state index contributed by atoms with van der Waals surface area (Å²) in [5, 5.41) is 19.0. The first-order chi connectivity index (χ1) is 17.4. The van der Waals surface area contributed by atoms with E-state index in [1.165, 1.54) is 22.9 Å². The molecule has 1 aromatic heterocycles. The number of hydrogen-bond donors (Lipinski definition) is 7. The largest absolute Gasteiger partial charge is 0.394 e. The molecule has 0 bridgehead atoms. The molecule has 0 aliphatic carbocycles. The Labute approximate surface area is 223 Å². The molecule has 2 heterocycles. The highest BCUT2D eigenvalue weighted by molar-refractivity contribution is 7.72. The van der Waals surface area contributed by atoms with Crippen molar-refractivity contribution < 1.29 is 43.7 Å². The fraction of sp³-hybridized carbons (Fsp3) is 0.444. The number of aromatic amines is 1. The van der Waals surface area contributed by atoms with E-state index < -0.39 is 56.3 Å². The molecule has 16 nitrogen and oxygen atoms in total. The summed E-state index contributed by atoms with van der Waals surface area (Å²) in [7, 11) is -11.0. The second-order valence-corrected chi connectivity index (χ2v) is 12.9. The Morgan fingerprint density at radius 1 is 1.21 bits per heavy atom. The van der Waals surface area contributed by atoms with E-state index >= 15 is 0 Å². The van der Waals surface area contributed by atoms with Gasteiger partial charge in [0, 0.05) is 29.5 Å². The van der Waals surface area contributed by atoms with Crippen LogP contribution in [0.3, 0.4) is 0 Å². The summed E-state index contributed by atoms with van der Waals surface area (Å²) in [6, 6.07) is 3.13. The third kappa shape index (κ3) is 7.33. The van der Waals surface area contributed by atoms with Crippen molar-refractivity contribution in [2.75, 3.05) is 6.61 Å². The number of H-pyrrole nitrogens is 1. The van der Waals surface area contributed by atoms with Gasteiger partial charge in [-0.15, -0.1) is 0 Å². The Kier molecular flexibility index (Phi) is 10.5. The molecule has 1 fully saturated rings. The number of benzene rings is 1. The molecule has 20 heteroatoms. The van der Waals surface area contributed by atoms with Crippen molar-refractivity contribution in [2.24, 2.45) is 5.11 Å². The molecule has 0 spiro atoms. The molecule has 1 aromatic carbocycles. The third-order valence-corrected chi connectivity index (χ3v) is 9.88. The van der Waals surface area contributed by atoms with Crippen LogP contribution in [0.25, 0.3) is 10.4 Å². The Morgan fingerprint density at radius 3 is 2.32 bits per heavy atom. The maximum absolute atomic E-state index is 11.7. The summed E-state index contributed by atoms with van der Waals surface area (Å²) in [6.45, 7) is 1.26. The Balaban J connectivity index is 0.000000267. The van der Waals surface area contributed by atoms with Gasteiger partial charge in [-0.1, -0.05) is 34.4 Å². The molecule has 7 N–H and O–H groups in total. The zero-order chi connectivity index (χ0) is 29.1. The summed E-state index contributed by atoms with van der Waals surface area (Å²) in [5.41, 5.74) is 7.77. The Hall–Kier alpha value is -2.03. The van der Waals surface area contributed by atoms with E-state index in [4.69, 9.17) is 58.2 Å². The van der Waals surface area contributed by atoms with Gasteiger partial charge >= 0.3 is 20.9 Å². The first-order valence-corrected chi connectivity index (χ1v) is 14.3. The molecule has 1 aliphatic heterocycles. The molecule has 1 saturated heterocycles. The minimum Gasteiger partial charge on any atom is -0.394 e. The van der Waals surface area contributed by atoms with Gasteiger partial charge in [0.2, 0.25) is 0 Å². The van der Waals surface area contributed by atoms with Crippen LogP contribution in [0.15, 0.2) is 39.1 Å². The number of aliphatic hydroxyl groups excluding tert-OH is 1. The van der Waals surface area contributed by atoms with Crippen molar-refractivity contribution in [1.29, 1.82) is 0 Å². The monoisotopic (exact) mass is 617 g/mol. The van der Waals surface area contributed by atoms with E-state index in [9.17, 15) is 23.8 Å². The van der Waals surface area contributed by atoms with Crippen molar-refractivity contribution in [3.63, 3.8) is 0 Å². The van der Waals surface area contributed by atoms with Crippen molar-refractivity contribution >= 4 is 38.4 Å². The second kappa shape index (κ2) is 12.4. The number of nitrogens with zero attached hydrogens (tertiary/aromatic N) is 4. The number of ether oxygens (including phenoxy) is 1. The second-order valence-electron chi connectivity index (χ2n) is 8.09. The first-order valence-electron chi connectivity index (χ1n) is 10.3. The SMILES string of the molecule is Cc1cn([C@H]2C[C@H](N=[N+]=[N-])[C@@H](CO)O2)c(=O)[nH]c1=O.O=P(O)(O)C(O)(Cc1ccc(Cl)c(Cl)c1)P(=O)(O)O. The van der Waals surface area contributed by atoms with E-state index in [1.54, 1.807) is 6.92 Å². The standard InChI is InChI=1S/C10H13N5O4.C8H10Cl2O7P2/c1-5-3-15(10(18)12-9(5)17)8-2-6(13-14-11)7(4-16)19-8;9-6-2-1-5(3-7(6)10)4-8(11,18(12,13)14)19(15,16)17/h3,6-8,16H,2,4H2,1H3,(H,12,17,18);1-3,11H,4H2,(H2,12,13,14)(H2,15,16,17)/t6-,7+,8+;/m0./s1. The van der Waals surface area contributed by atoms with Crippen LogP contribution >= 0.6 is 38.4 Å². The minimum atomic E-state index is -5.49. The van der Waals surface area contributed by atoms with Gasteiger partial charge in [0.15, 0.2) is 0 Å². The fourth-order valence-corrected chi connectivity index (χ4v) is 5.79. The quantitative estimate of drug-likeness (QED) is 0.101. The smallest absolute Gasteiger partial charge is 0.369 e. The van der Waals surface area contributed by atoms with Crippen LogP contribution in [0, 0.1) is 6.92 Å². The number of hydrogen-bond acceptors (Lipinski definition) is 8. The number of rotatable bonds is 7. The predicted molar refractivity (Wildman–Crippen MR) is 134 cm³/mol. The third-order valence-electron chi connectivity index (χ3n) is 5.40. The average Bonchev–Trinajstić information content (AvgIpc) is 3.20. The van der Waals surface area contributed by atoms with Crippen LogP contribution in [0.4, 0.5) is 0 Å². The molecule has 0 saturated carbocycles. The predicted octanol–water partition coefficient (Wildman–Crippen LogP) is 1.34. The van der Waals surface area contributed by atoms with Crippen molar-refractivity contribution in [3.8, 4) is 0 Å². The highest BCUT2D eigenvalue weighted by Crippen LogP contribution is 2.68. The van der Waals surface area contributed by atoms with Gasteiger partial charge in [0.05, 0.1) is 28.8 Å². The molecule has 2 aromatic rings. The van der Waals surface area contributed by atoms with Crippen LogP contribution < -0.4 is 11.2 Å². The number of aryl methyl sites for hydroxylation is 1. The van der Waals surface area contributed by atoms with Crippen LogP contribution in [-0.4, -0.2) is 63.2 Å². The van der Waals surface area contributed by atoms with E-state index in [0.29, 0.717) is 5.56 Å². The van der Waals surface area contributed by atoms with Gasteiger partial charge in [-0.2, -0.15) is 0 Å². The molecule has 3 rings (SSSR count). The summed E-state index contributed by atoms with van der Waals surface area (Å²) in [4.78, 5) is 63.7. The average molecular weight is 618 g/mol. The Bertz CT molecular complexity index is 1410. The van der Waals surface area contributed by atoms with Crippen LogP contribution in [0.2, 0.25) is 10.0 Å². The number of nitrogens with one attached hydrogen (secondary N) is 1. The van der Waals surface area contributed by atoms with E-state index in [0.717, 1.165) is 6.07 Å². The lowest BCUT2D eigenvalue weighted by Crippen LogP contribution is -2.33. The highest BCUT2D eigenvalue weighted by Gasteiger charge is 2.59. The highest BCUT2D eigenvalue weighted by atomic mass is 35.5. The minimum absolute atomic E-state index is 0.0172. The van der Waals surface area contributed by atoms with Gasteiger partial charge < -0.3 is 34.5 Å². The molecule has 0 unspecified atom stereocenters.